The van der Waals surface area contributed by atoms with Crippen molar-refractivity contribution in [2.45, 2.75) is 6.92 Å². The highest BCUT2D eigenvalue weighted by molar-refractivity contribution is 5.90. The molecule has 2 aromatic rings. The van der Waals surface area contributed by atoms with Gasteiger partial charge in [-0.2, -0.15) is 5.26 Å². The number of benzene rings is 2. The second-order valence-corrected chi connectivity index (χ2v) is 3.37. The topological polar surface area (TPSA) is 50.1 Å². The Balaban J connectivity index is 2.69. The fraction of sp³-hybridized carbons (Fsp3) is 0.0769. The van der Waals surface area contributed by atoms with Crippen LogP contribution in [0.15, 0.2) is 36.4 Å². The molecule has 0 saturated heterocycles. The molecule has 0 unspecified atom stereocenters. The van der Waals surface area contributed by atoms with Gasteiger partial charge in [-0.3, -0.25) is 4.79 Å². The number of esters is 1. The molecule has 16 heavy (non-hydrogen) atoms. The van der Waals surface area contributed by atoms with Crippen LogP contribution in [0.25, 0.3) is 10.8 Å². The lowest BCUT2D eigenvalue weighted by molar-refractivity contribution is -0.131. The van der Waals surface area contributed by atoms with Crippen LogP contribution in [0.2, 0.25) is 0 Å². The van der Waals surface area contributed by atoms with E-state index in [-0.39, 0.29) is 0 Å². The van der Waals surface area contributed by atoms with Crippen LogP contribution in [-0.2, 0) is 4.79 Å². The number of nitrogens with zero attached hydrogens (tertiary/aromatic N) is 1. The third-order valence-electron chi connectivity index (χ3n) is 2.26. The van der Waals surface area contributed by atoms with Crippen LogP contribution in [0, 0.1) is 11.3 Å². The Labute approximate surface area is 92.9 Å². The largest absolute Gasteiger partial charge is 0.425 e. The van der Waals surface area contributed by atoms with E-state index in [1.54, 1.807) is 6.07 Å². The summed E-state index contributed by atoms with van der Waals surface area (Å²) in [6.07, 6.45) is 0. The Morgan fingerprint density at radius 2 is 2.00 bits per heavy atom. The molecule has 0 N–H and O–H groups in total. The first-order valence-electron chi connectivity index (χ1n) is 4.82. The van der Waals surface area contributed by atoms with E-state index in [0.29, 0.717) is 11.3 Å². The summed E-state index contributed by atoms with van der Waals surface area (Å²) in [6.45, 7) is 1.32. The van der Waals surface area contributed by atoms with E-state index in [9.17, 15) is 4.79 Å². The maximum absolute atomic E-state index is 10.9. The molecule has 3 heteroatoms. The fourth-order valence-corrected chi connectivity index (χ4v) is 1.61. The van der Waals surface area contributed by atoms with Crippen LogP contribution in [0.5, 0.6) is 5.75 Å². The van der Waals surface area contributed by atoms with Crippen LogP contribution in [0.3, 0.4) is 0 Å². The first kappa shape index (κ1) is 10.2. The molecule has 0 saturated carbocycles. The highest BCUT2D eigenvalue weighted by atomic mass is 16.5. The molecule has 0 heterocycles. The maximum Gasteiger partial charge on any atom is 0.308 e. The van der Waals surface area contributed by atoms with E-state index in [4.69, 9.17) is 10.00 Å². The standard InChI is InChI=1S/C13H9NO2/c1-9(15)16-13-7-6-10-4-2-3-5-11(10)12(13)8-14/h2-7H,1H3. The smallest absolute Gasteiger partial charge is 0.308 e. The van der Waals surface area contributed by atoms with E-state index in [2.05, 4.69) is 6.07 Å². The summed E-state index contributed by atoms with van der Waals surface area (Å²) in [4.78, 5) is 10.9. The molecule has 0 atom stereocenters. The van der Waals surface area contributed by atoms with E-state index < -0.39 is 5.97 Å². The zero-order valence-electron chi connectivity index (χ0n) is 8.73. The minimum atomic E-state index is -0.424. The lowest BCUT2D eigenvalue weighted by atomic mass is 10.0. The molecule has 2 aromatic carbocycles. The Kier molecular flexibility index (Phi) is 2.57. The number of nitriles is 1. The Morgan fingerprint density at radius 3 is 2.69 bits per heavy atom. The lowest BCUT2D eigenvalue weighted by Gasteiger charge is -2.06. The van der Waals surface area contributed by atoms with Gasteiger partial charge in [0, 0.05) is 12.3 Å². The number of ether oxygens (including phenoxy) is 1. The number of carbonyl (C=O) groups is 1. The SMILES string of the molecule is CC(=O)Oc1ccc2ccccc2c1C#N. The minimum absolute atomic E-state index is 0.314. The molecular formula is C13H9NO2. The summed E-state index contributed by atoms with van der Waals surface area (Å²) in [6, 6.07) is 13.0. The summed E-state index contributed by atoms with van der Waals surface area (Å²) in [5, 5.41) is 10.8. The monoisotopic (exact) mass is 211 g/mol. The number of rotatable bonds is 1. The lowest BCUT2D eigenvalue weighted by Crippen LogP contribution is -2.03. The normalized spacial score (nSPS) is 9.75. The van der Waals surface area contributed by atoms with E-state index in [0.717, 1.165) is 10.8 Å². The van der Waals surface area contributed by atoms with E-state index in [1.165, 1.54) is 6.92 Å². The van der Waals surface area contributed by atoms with Crippen LogP contribution >= 0.6 is 0 Å². The summed E-state index contributed by atoms with van der Waals surface area (Å²) in [5.41, 5.74) is 0.397. The zero-order valence-corrected chi connectivity index (χ0v) is 8.73. The molecule has 0 amide bonds. The molecule has 78 valence electrons. The van der Waals surface area contributed by atoms with E-state index >= 15 is 0 Å². The van der Waals surface area contributed by atoms with Crippen molar-refractivity contribution in [1.29, 1.82) is 5.26 Å². The average molecular weight is 211 g/mol. The van der Waals surface area contributed by atoms with Gasteiger partial charge < -0.3 is 4.74 Å². The van der Waals surface area contributed by atoms with Crippen molar-refractivity contribution in [1.82, 2.24) is 0 Å². The number of hydrogen-bond acceptors (Lipinski definition) is 3. The highest BCUT2D eigenvalue weighted by Crippen LogP contribution is 2.27. The van der Waals surface area contributed by atoms with Crippen LogP contribution in [-0.4, -0.2) is 5.97 Å². The summed E-state index contributed by atoms with van der Waals surface area (Å²) < 4.78 is 4.98. The van der Waals surface area contributed by atoms with Gasteiger partial charge in [0.15, 0.2) is 0 Å². The van der Waals surface area contributed by atoms with Crippen molar-refractivity contribution in [2.24, 2.45) is 0 Å². The molecule has 0 radical (unpaired) electrons. The first-order valence-corrected chi connectivity index (χ1v) is 4.82. The summed E-state index contributed by atoms with van der Waals surface area (Å²) >= 11 is 0. The molecule has 0 aliphatic rings. The predicted molar refractivity (Wildman–Crippen MR) is 60.0 cm³/mol. The van der Waals surface area contributed by atoms with Gasteiger partial charge in [-0.25, -0.2) is 0 Å². The molecule has 3 nitrogen and oxygen atoms in total. The quantitative estimate of drug-likeness (QED) is 0.538. The summed E-state index contributed by atoms with van der Waals surface area (Å²) in [7, 11) is 0. The van der Waals surface area contributed by atoms with Gasteiger partial charge in [0.25, 0.3) is 0 Å². The van der Waals surface area contributed by atoms with Gasteiger partial charge >= 0.3 is 5.97 Å². The van der Waals surface area contributed by atoms with Gasteiger partial charge in [-0.15, -0.1) is 0 Å². The minimum Gasteiger partial charge on any atom is -0.425 e. The summed E-state index contributed by atoms with van der Waals surface area (Å²) in [5.74, 6) is -0.111. The van der Waals surface area contributed by atoms with Gasteiger partial charge in [-0.1, -0.05) is 30.3 Å². The molecular weight excluding hydrogens is 202 g/mol. The molecule has 0 fully saturated rings. The number of fused-ring (bicyclic) bond motifs is 1. The number of carbonyl (C=O) groups excluding carboxylic acids is 1. The van der Waals surface area contributed by atoms with Gasteiger partial charge in [-0.05, 0) is 11.5 Å². The van der Waals surface area contributed by atoms with Crippen molar-refractivity contribution in [3.63, 3.8) is 0 Å². The molecule has 0 spiro atoms. The molecule has 2 rings (SSSR count). The Bertz CT molecular complexity index is 596. The molecule has 0 aliphatic carbocycles. The second-order valence-electron chi connectivity index (χ2n) is 3.37. The Hall–Kier alpha value is -2.34. The molecule has 0 aromatic heterocycles. The first-order chi connectivity index (χ1) is 7.72. The fourth-order valence-electron chi connectivity index (χ4n) is 1.61. The highest BCUT2D eigenvalue weighted by Gasteiger charge is 2.09. The Morgan fingerprint density at radius 1 is 1.25 bits per heavy atom. The van der Waals surface area contributed by atoms with Crippen molar-refractivity contribution >= 4 is 16.7 Å². The van der Waals surface area contributed by atoms with Crippen LogP contribution in [0.1, 0.15) is 12.5 Å². The third-order valence-corrected chi connectivity index (χ3v) is 2.26. The van der Waals surface area contributed by atoms with Crippen LogP contribution < -0.4 is 4.74 Å². The van der Waals surface area contributed by atoms with Crippen molar-refractivity contribution < 1.29 is 9.53 Å². The molecule has 0 aliphatic heterocycles. The predicted octanol–water partition coefficient (Wildman–Crippen LogP) is 2.64. The second kappa shape index (κ2) is 4.03. The maximum atomic E-state index is 10.9. The third kappa shape index (κ3) is 1.73. The van der Waals surface area contributed by atoms with Crippen molar-refractivity contribution in [3.8, 4) is 11.8 Å². The van der Waals surface area contributed by atoms with Gasteiger partial charge in [0.1, 0.15) is 17.4 Å². The van der Waals surface area contributed by atoms with Gasteiger partial charge in [0.2, 0.25) is 0 Å². The number of hydrogen-bond donors (Lipinski definition) is 0. The van der Waals surface area contributed by atoms with Gasteiger partial charge in [0.05, 0.1) is 0 Å². The molecule has 0 bridgehead atoms. The van der Waals surface area contributed by atoms with E-state index in [1.807, 2.05) is 30.3 Å². The van der Waals surface area contributed by atoms with Crippen molar-refractivity contribution in [2.75, 3.05) is 0 Å². The van der Waals surface area contributed by atoms with Crippen LogP contribution in [0.4, 0.5) is 0 Å². The van der Waals surface area contributed by atoms with Crippen molar-refractivity contribution in [3.05, 3.63) is 42.0 Å². The zero-order chi connectivity index (χ0) is 11.5. The average Bonchev–Trinajstić information content (AvgIpc) is 2.28.